The molecule has 0 unspecified atom stereocenters. The minimum Gasteiger partial charge on any atom is -0.348 e. The number of pyridine rings is 1. The minimum absolute atomic E-state index is 0.351. The van der Waals surface area contributed by atoms with Crippen LogP contribution in [0.1, 0.15) is 37.7 Å². The number of hydrogen-bond acceptors (Lipinski definition) is 4. The van der Waals surface area contributed by atoms with Crippen molar-refractivity contribution < 1.29 is 9.59 Å². The maximum atomic E-state index is 12.0. The Balaban J connectivity index is 1.43. The van der Waals surface area contributed by atoms with Crippen molar-refractivity contribution in [2.75, 3.05) is 11.9 Å². The van der Waals surface area contributed by atoms with Crippen molar-refractivity contribution in [3.8, 4) is 0 Å². The van der Waals surface area contributed by atoms with Crippen LogP contribution in [-0.2, 0) is 16.1 Å². The first-order valence-corrected chi connectivity index (χ1v) is 8.90. The van der Waals surface area contributed by atoms with Crippen LogP contribution in [0.15, 0.2) is 48.4 Å². The van der Waals surface area contributed by atoms with Crippen LogP contribution in [0.3, 0.4) is 0 Å². The molecule has 136 valence electrons. The molecule has 2 heterocycles. The van der Waals surface area contributed by atoms with E-state index in [1.54, 1.807) is 29.3 Å². The summed E-state index contributed by atoms with van der Waals surface area (Å²) >= 11 is 0. The third kappa shape index (κ3) is 5.27. The maximum absolute atomic E-state index is 12.0. The van der Waals surface area contributed by atoms with Gasteiger partial charge in [-0.05, 0) is 43.7 Å². The van der Waals surface area contributed by atoms with Crippen LogP contribution in [0, 0.1) is 0 Å². The number of nitrogens with zero attached hydrogens (tertiary/aromatic N) is 3. The summed E-state index contributed by atoms with van der Waals surface area (Å²) in [6, 6.07) is 5.46. The van der Waals surface area contributed by atoms with Crippen molar-refractivity contribution in [1.29, 1.82) is 0 Å². The predicted molar refractivity (Wildman–Crippen MR) is 98.4 cm³/mol. The van der Waals surface area contributed by atoms with E-state index in [0.717, 1.165) is 24.8 Å². The summed E-state index contributed by atoms with van der Waals surface area (Å²) in [5.41, 5.74) is 2.37. The van der Waals surface area contributed by atoms with E-state index in [0.29, 0.717) is 18.9 Å². The molecule has 0 aromatic carbocycles. The fraction of sp³-hybridized carbons (Fsp3) is 0.368. The van der Waals surface area contributed by atoms with Crippen molar-refractivity contribution in [2.24, 2.45) is 0 Å². The Morgan fingerprint density at radius 3 is 2.88 bits per heavy atom. The third-order valence-corrected chi connectivity index (χ3v) is 4.27. The van der Waals surface area contributed by atoms with Gasteiger partial charge in [-0.15, -0.1) is 0 Å². The Labute approximate surface area is 152 Å². The summed E-state index contributed by atoms with van der Waals surface area (Å²) in [5, 5.41) is 9.43. The number of anilines is 1. The molecule has 7 nitrogen and oxygen atoms in total. The highest BCUT2D eigenvalue weighted by atomic mass is 16.2. The summed E-state index contributed by atoms with van der Waals surface area (Å²) in [6.45, 7) is 1.03. The molecule has 2 aromatic rings. The molecule has 2 aromatic heterocycles. The van der Waals surface area contributed by atoms with Crippen LogP contribution < -0.4 is 10.6 Å². The number of carbonyl (C=O) groups excluding carboxylic acids is 2. The third-order valence-electron chi connectivity index (χ3n) is 4.27. The zero-order valence-corrected chi connectivity index (χ0v) is 14.6. The minimum atomic E-state index is -0.700. The van der Waals surface area contributed by atoms with Gasteiger partial charge in [0.25, 0.3) is 0 Å². The van der Waals surface area contributed by atoms with E-state index in [2.05, 4.69) is 26.8 Å². The lowest BCUT2D eigenvalue weighted by molar-refractivity contribution is -0.136. The predicted octanol–water partition coefficient (Wildman–Crippen LogP) is 2.27. The van der Waals surface area contributed by atoms with Gasteiger partial charge >= 0.3 is 11.8 Å². The lowest BCUT2D eigenvalue weighted by Crippen LogP contribution is -2.36. The monoisotopic (exact) mass is 353 g/mol. The Bertz CT molecular complexity index is 782. The van der Waals surface area contributed by atoms with E-state index in [4.69, 9.17) is 0 Å². The molecule has 0 bridgehead atoms. The number of amides is 2. The standard InChI is InChI=1S/C19H23N5O2/c25-18(21-11-8-15-5-2-1-3-6-15)19(26)22-17-9-12-24(23-17)14-16-7-4-10-20-13-16/h4-5,7,9-10,12-13H,1-3,6,8,11,14H2,(H,21,25)(H,22,23,26). The van der Waals surface area contributed by atoms with E-state index in [1.807, 2.05) is 12.1 Å². The van der Waals surface area contributed by atoms with Gasteiger partial charge in [-0.25, -0.2) is 0 Å². The highest BCUT2D eigenvalue weighted by Crippen LogP contribution is 2.19. The fourth-order valence-corrected chi connectivity index (χ4v) is 2.92. The molecule has 0 aliphatic heterocycles. The Hall–Kier alpha value is -2.96. The Morgan fingerprint density at radius 2 is 2.12 bits per heavy atom. The zero-order chi connectivity index (χ0) is 18.2. The highest BCUT2D eigenvalue weighted by molar-refractivity contribution is 6.39. The quantitative estimate of drug-likeness (QED) is 0.616. The molecule has 0 fully saturated rings. The lowest BCUT2D eigenvalue weighted by Gasteiger charge is -2.12. The van der Waals surface area contributed by atoms with Crippen LogP contribution in [0.25, 0.3) is 0 Å². The van der Waals surface area contributed by atoms with Gasteiger partial charge in [0.1, 0.15) is 0 Å². The average molecular weight is 353 g/mol. The summed E-state index contributed by atoms with van der Waals surface area (Å²) < 4.78 is 1.68. The molecule has 1 aliphatic rings. The molecule has 2 N–H and O–H groups in total. The molecule has 3 rings (SSSR count). The molecule has 0 spiro atoms. The Kier molecular flexibility index (Phi) is 6.14. The van der Waals surface area contributed by atoms with Gasteiger partial charge in [0, 0.05) is 31.2 Å². The normalized spacial score (nSPS) is 13.8. The lowest BCUT2D eigenvalue weighted by atomic mass is 9.97. The van der Waals surface area contributed by atoms with Crippen LogP contribution in [-0.4, -0.2) is 33.1 Å². The smallest absolute Gasteiger partial charge is 0.314 e. The molecule has 0 atom stereocenters. The van der Waals surface area contributed by atoms with E-state index in [1.165, 1.54) is 18.4 Å². The van der Waals surface area contributed by atoms with E-state index < -0.39 is 11.8 Å². The van der Waals surface area contributed by atoms with Gasteiger partial charge in [-0.3, -0.25) is 19.3 Å². The number of allylic oxidation sites excluding steroid dienone is 1. The SMILES string of the molecule is O=C(NCCC1=CCCCC1)C(=O)Nc1ccn(Cc2cccnc2)n1. The van der Waals surface area contributed by atoms with E-state index in [9.17, 15) is 9.59 Å². The van der Waals surface area contributed by atoms with Crippen molar-refractivity contribution >= 4 is 17.6 Å². The summed E-state index contributed by atoms with van der Waals surface area (Å²) in [5.74, 6) is -0.985. The number of rotatable bonds is 6. The van der Waals surface area contributed by atoms with Crippen molar-refractivity contribution in [3.05, 3.63) is 54.0 Å². The fourth-order valence-electron chi connectivity index (χ4n) is 2.92. The van der Waals surface area contributed by atoms with E-state index in [-0.39, 0.29) is 0 Å². The van der Waals surface area contributed by atoms with Gasteiger partial charge < -0.3 is 10.6 Å². The van der Waals surface area contributed by atoms with Crippen molar-refractivity contribution in [1.82, 2.24) is 20.1 Å². The van der Waals surface area contributed by atoms with Gasteiger partial charge in [-0.2, -0.15) is 5.10 Å². The maximum Gasteiger partial charge on any atom is 0.314 e. The Morgan fingerprint density at radius 1 is 1.19 bits per heavy atom. The van der Waals surface area contributed by atoms with Crippen molar-refractivity contribution in [2.45, 2.75) is 38.6 Å². The molecule has 26 heavy (non-hydrogen) atoms. The molecular formula is C19H23N5O2. The summed E-state index contributed by atoms with van der Waals surface area (Å²) in [7, 11) is 0. The second-order valence-electron chi connectivity index (χ2n) is 6.33. The number of hydrogen-bond donors (Lipinski definition) is 2. The molecule has 0 saturated carbocycles. The summed E-state index contributed by atoms with van der Waals surface area (Å²) in [6.07, 6.45) is 12.9. The molecule has 0 radical (unpaired) electrons. The van der Waals surface area contributed by atoms with Gasteiger partial charge in [0.05, 0.1) is 6.54 Å². The zero-order valence-electron chi connectivity index (χ0n) is 14.6. The van der Waals surface area contributed by atoms with Gasteiger partial charge in [-0.1, -0.05) is 17.7 Å². The molecule has 7 heteroatoms. The van der Waals surface area contributed by atoms with Crippen LogP contribution in [0.2, 0.25) is 0 Å². The van der Waals surface area contributed by atoms with Crippen LogP contribution in [0.5, 0.6) is 0 Å². The largest absolute Gasteiger partial charge is 0.348 e. The first-order chi connectivity index (χ1) is 12.7. The molecule has 2 amide bonds. The van der Waals surface area contributed by atoms with Crippen molar-refractivity contribution in [3.63, 3.8) is 0 Å². The number of aromatic nitrogens is 3. The summed E-state index contributed by atoms with van der Waals surface area (Å²) in [4.78, 5) is 27.9. The first kappa shape index (κ1) is 17.8. The molecular weight excluding hydrogens is 330 g/mol. The molecule has 1 aliphatic carbocycles. The van der Waals surface area contributed by atoms with Gasteiger partial charge in [0.2, 0.25) is 0 Å². The average Bonchev–Trinajstić information content (AvgIpc) is 3.10. The topological polar surface area (TPSA) is 88.9 Å². The first-order valence-electron chi connectivity index (χ1n) is 8.90. The second kappa shape index (κ2) is 8.94. The highest BCUT2D eigenvalue weighted by Gasteiger charge is 2.15. The molecule has 0 saturated heterocycles. The van der Waals surface area contributed by atoms with Gasteiger partial charge in [0.15, 0.2) is 5.82 Å². The number of nitrogens with one attached hydrogen (secondary N) is 2. The van der Waals surface area contributed by atoms with Crippen LogP contribution in [0.4, 0.5) is 5.82 Å². The second-order valence-corrected chi connectivity index (χ2v) is 6.33. The number of carbonyl (C=O) groups is 2. The van der Waals surface area contributed by atoms with Crippen LogP contribution >= 0.6 is 0 Å². The van der Waals surface area contributed by atoms with E-state index >= 15 is 0 Å².